The van der Waals surface area contributed by atoms with Gasteiger partial charge < -0.3 is 15.7 Å². The zero-order valence-corrected chi connectivity index (χ0v) is 11.3. The number of nitrogens with one attached hydrogen (secondary N) is 2. The van der Waals surface area contributed by atoms with Crippen LogP contribution in [-0.2, 0) is 0 Å². The summed E-state index contributed by atoms with van der Waals surface area (Å²) in [5.41, 5.74) is 1.22. The molecule has 0 aromatic heterocycles. The van der Waals surface area contributed by atoms with Gasteiger partial charge in [-0.1, -0.05) is 17.7 Å². The first kappa shape index (κ1) is 14.1. The molecule has 0 bridgehead atoms. The minimum absolute atomic E-state index is 0.00862. The van der Waals surface area contributed by atoms with Crippen LogP contribution in [0.1, 0.15) is 5.56 Å². The molecule has 0 saturated carbocycles. The predicted molar refractivity (Wildman–Crippen MR) is 76.9 cm³/mol. The van der Waals surface area contributed by atoms with E-state index in [9.17, 15) is 14.3 Å². The second kappa shape index (κ2) is 5.79. The summed E-state index contributed by atoms with van der Waals surface area (Å²) in [4.78, 5) is 11.8. The molecule has 0 aliphatic heterocycles. The number of aryl methyl sites for hydroxylation is 1. The largest absolute Gasteiger partial charge is 0.508 e. The first-order valence-corrected chi connectivity index (χ1v) is 6.16. The maximum atomic E-state index is 13.5. The molecule has 0 radical (unpaired) electrons. The number of amides is 2. The third kappa shape index (κ3) is 3.39. The minimum Gasteiger partial charge on any atom is -0.508 e. The standard InChI is InChI=1S/C14H12ClFN2O2/c1-8-2-4-11(16)13(6-8)18-14(20)17-12-5-3-9(19)7-10(12)15/h2-7,19H,1H3,(H2,17,18,20). The van der Waals surface area contributed by atoms with Gasteiger partial charge in [0.1, 0.15) is 11.6 Å². The third-order valence-electron chi connectivity index (χ3n) is 2.57. The summed E-state index contributed by atoms with van der Waals surface area (Å²) in [7, 11) is 0. The molecule has 0 heterocycles. The summed E-state index contributed by atoms with van der Waals surface area (Å²) in [5.74, 6) is -0.534. The highest BCUT2D eigenvalue weighted by molar-refractivity contribution is 6.34. The normalized spacial score (nSPS) is 10.2. The van der Waals surface area contributed by atoms with E-state index in [2.05, 4.69) is 10.6 Å². The lowest BCUT2D eigenvalue weighted by molar-refractivity contribution is 0.262. The van der Waals surface area contributed by atoms with Crippen molar-refractivity contribution in [2.45, 2.75) is 6.92 Å². The Hall–Kier alpha value is -2.27. The van der Waals surface area contributed by atoms with Gasteiger partial charge in [-0.2, -0.15) is 0 Å². The third-order valence-corrected chi connectivity index (χ3v) is 2.88. The molecule has 0 aliphatic carbocycles. The van der Waals surface area contributed by atoms with Crippen LogP contribution in [-0.4, -0.2) is 11.1 Å². The summed E-state index contributed by atoms with van der Waals surface area (Å²) in [6.07, 6.45) is 0. The van der Waals surface area contributed by atoms with Gasteiger partial charge in [0.05, 0.1) is 16.4 Å². The Morgan fingerprint density at radius 3 is 2.55 bits per heavy atom. The molecular weight excluding hydrogens is 283 g/mol. The van der Waals surface area contributed by atoms with Crippen molar-refractivity contribution < 1.29 is 14.3 Å². The van der Waals surface area contributed by atoms with Crippen LogP contribution in [0.4, 0.5) is 20.6 Å². The highest BCUT2D eigenvalue weighted by Gasteiger charge is 2.09. The zero-order valence-electron chi connectivity index (χ0n) is 10.6. The van der Waals surface area contributed by atoms with E-state index >= 15 is 0 Å². The van der Waals surface area contributed by atoms with Crippen LogP contribution in [0.5, 0.6) is 5.75 Å². The fourth-order valence-electron chi connectivity index (χ4n) is 1.62. The van der Waals surface area contributed by atoms with E-state index < -0.39 is 11.8 Å². The van der Waals surface area contributed by atoms with Crippen LogP contribution in [0, 0.1) is 12.7 Å². The Balaban J connectivity index is 2.11. The monoisotopic (exact) mass is 294 g/mol. The second-order valence-corrected chi connectivity index (χ2v) is 4.63. The van der Waals surface area contributed by atoms with Gasteiger partial charge in [-0.25, -0.2) is 9.18 Å². The molecule has 4 nitrogen and oxygen atoms in total. The van der Waals surface area contributed by atoms with Crippen molar-refractivity contribution in [2.24, 2.45) is 0 Å². The number of hydrogen-bond acceptors (Lipinski definition) is 2. The number of urea groups is 1. The lowest BCUT2D eigenvalue weighted by atomic mass is 10.2. The molecule has 0 atom stereocenters. The Morgan fingerprint density at radius 1 is 1.15 bits per heavy atom. The van der Waals surface area contributed by atoms with Crippen LogP contribution < -0.4 is 10.6 Å². The molecule has 104 valence electrons. The molecule has 3 N–H and O–H groups in total. The Morgan fingerprint density at radius 2 is 1.85 bits per heavy atom. The van der Waals surface area contributed by atoms with Crippen molar-refractivity contribution in [3.05, 3.63) is 52.8 Å². The van der Waals surface area contributed by atoms with Gasteiger partial charge in [0.2, 0.25) is 0 Å². The molecule has 0 unspecified atom stereocenters. The van der Waals surface area contributed by atoms with Crippen molar-refractivity contribution in [2.75, 3.05) is 10.6 Å². The van der Waals surface area contributed by atoms with Gasteiger partial charge in [0.25, 0.3) is 0 Å². The number of phenols is 1. The van der Waals surface area contributed by atoms with Crippen LogP contribution in [0.2, 0.25) is 5.02 Å². The Kier molecular flexibility index (Phi) is 4.10. The van der Waals surface area contributed by atoms with E-state index in [1.54, 1.807) is 13.0 Å². The summed E-state index contributed by atoms with van der Waals surface area (Å²) >= 11 is 5.86. The number of hydrogen-bond donors (Lipinski definition) is 3. The number of halogens is 2. The second-order valence-electron chi connectivity index (χ2n) is 4.23. The van der Waals surface area contributed by atoms with Crippen molar-refractivity contribution in [1.29, 1.82) is 0 Å². The molecule has 6 heteroatoms. The van der Waals surface area contributed by atoms with Gasteiger partial charge in [-0.3, -0.25) is 0 Å². The van der Waals surface area contributed by atoms with Gasteiger partial charge in [0, 0.05) is 6.07 Å². The average molecular weight is 295 g/mol. The fourth-order valence-corrected chi connectivity index (χ4v) is 1.84. The summed E-state index contributed by atoms with van der Waals surface area (Å²) in [6, 6.07) is 7.91. The quantitative estimate of drug-likeness (QED) is 0.729. The number of phenolic OH excluding ortho intramolecular Hbond substituents is 1. The zero-order chi connectivity index (χ0) is 14.7. The molecular formula is C14H12ClFN2O2. The van der Waals surface area contributed by atoms with Gasteiger partial charge in [-0.15, -0.1) is 0 Å². The average Bonchev–Trinajstić information content (AvgIpc) is 2.37. The van der Waals surface area contributed by atoms with E-state index in [1.807, 2.05) is 0 Å². The lowest BCUT2D eigenvalue weighted by Crippen LogP contribution is -2.20. The molecule has 2 aromatic rings. The van der Waals surface area contributed by atoms with Crippen LogP contribution >= 0.6 is 11.6 Å². The highest BCUT2D eigenvalue weighted by Crippen LogP contribution is 2.26. The minimum atomic E-state index is -0.623. The van der Waals surface area contributed by atoms with Crippen molar-refractivity contribution in [3.63, 3.8) is 0 Å². The maximum Gasteiger partial charge on any atom is 0.323 e. The van der Waals surface area contributed by atoms with E-state index in [1.165, 1.54) is 30.3 Å². The Bertz CT molecular complexity index is 662. The molecule has 0 aliphatic rings. The lowest BCUT2D eigenvalue weighted by Gasteiger charge is -2.10. The van der Waals surface area contributed by atoms with Crippen molar-refractivity contribution in [3.8, 4) is 5.75 Å². The van der Waals surface area contributed by atoms with Crippen LogP contribution in [0.15, 0.2) is 36.4 Å². The number of rotatable bonds is 2. The molecule has 0 fully saturated rings. The van der Waals surface area contributed by atoms with E-state index in [4.69, 9.17) is 11.6 Å². The van der Waals surface area contributed by atoms with Gasteiger partial charge >= 0.3 is 6.03 Å². The maximum absolute atomic E-state index is 13.5. The molecule has 2 amide bonds. The Labute approximate surface area is 120 Å². The van der Waals surface area contributed by atoms with Gasteiger partial charge in [0.15, 0.2) is 0 Å². The smallest absolute Gasteiger partial charge is 0.323 e. The highest BCUT2D eigenvalue weighted by atomic mass is 35.5. The number of anilines is 2. The first-order valence-electron chi connectivity index (χ1n) is 5.78. The van der Waals surface area contributed by atoms with Gasteiger partial charge in [-0.05, 0) is 36.8 Å². The number of aromatic hydroxyl groups is 1. The van der Waals surface area contributed by atoms with E-state index in [0.29, 0.717) is 5.69 Å². The number of benzene rings is 2. The SMILES string of the molecule is Cc1ccc(F)c(NC(=O)Nc2ccc(O)cc2Cl)c1. The summed E-state index contributed by atoms with van der Waals surface area (Å²) in [5, 5.41) is 14.3. The van der Waals surface area contributed by atoms with Crippen LogP contribution in [0.25, 0.3) is 0 Å². The summed E-state index contributed by atoms with van der Waals surface area (Å²) in [6.45, 7) is 1.79. The van der Waals surface area contributed by atoms with E-state index in [0.717, 1.165) is 5.56 Å². The number of carbonyl (C=O) groups is 1. The molecule has 0 spiro atoms. The van der Waals surface area contributed by atoms with Crippen molar-refractivity contribution in [1.82, 2.24) is 0 Å². The summed E-state index contributed by atoms with van der Waals surface area (Å²) < 4.78 is 13.5. The van der Waals surface area contributed by atoms with Crippen molar-refractivity contribution >= 4 is 29.0 Å². The molecule has 20 heavy (non-hydrogen) atoms. The molecule has 0 saturated heterocycles. The predicted octanol–water partition coefficient (Wildman–Crippen LogP) is 4.14. The van der Waals surface area contributed by atoms with E-state index in [-0.39, 0.29) is 16.5 Å². The van der Waals surface area contributed by atoms with Crippen LogP contribution in [0.3, 0.4) is 0 Å². The number of carbonyl (C=O) groups excluding carboxylic acids is 1. The topological polar surface area (TPSA) is 61.4 Å². The fraction of sp³-hybridized carbons (Fsp3) is 0.0714. The molecule has 2 aromatic carbocycles. The first-order chi connectivity index (χ1) is 9.45. The molecule has 2 rings (SSSR count).